The van der Waals surface area contributed by atoms with Crippen LogP contribution < -0.4 is 5.32 Å². The molecule has 0 atom stereocenters. The number of nitrogens with one attached hydrogen (secondary N) is 1. The quantitative estimate of drug-likeness (QED) is 0.727. The summed E-state index contributed by atoms with van der Waals surface area (Å²) in [6.45, 7) is 0. The van der Waals surface area contributed by atoms with Gasteiger partial charge in [0.2, 0.25) is 0 Å². The van der Waals surface area contributed by atoms with Crippen LogP contribution in [0.3, 0.4) is 0 Å². The van der Waals surface area contributed by atoms with Crippen molar-refractivity contribution in [3.8, 4) is 0 Å². The molecule has 5 heteroatoms. The van der Waals surface area contributed by atoms with E-state index in [1.807, 2.05) is 0 Å². The Morgan fingerprint density at radius 3 is 2.60 bits per heavy atom. The normalized spacial score (nSPS) is 15.5. The van der Waals surface area contributed by atoms with E-state index >= 15 is 0 Å². The van der Waals surface area contributed by atoms with Crippen LogP contribution in [0.5, 0.6) is 0 Å². The van der Waals surface area contributed by atoms with Crippen molar-refractivity contribution in [3.63, 3.8) is 0 Å². The van der Waals surface area contributed by atoms with E-state index in [0.717, 1.165) is 12.8 Å². The molecule has 1 heterocycles. The zero-order chi connectivity index (χ0) is 10.7. The molecule has 0 saturated heterocycles. The summed E-state index contributed by atoms with van der Waals surface area (Å²) in [4.78, 5) is 18.3. The third kappa shape index (κ3) is 2.31. The molecule has 15 heavy (non-hydrogen) atoms. The second-order valence-corrected chi connectivity index (χ2v) is 3.38. The smallest absolute Gasteiger partial charge is 0.356 e. The number of carbonyl (C=O) groups is 1. The molecular weight excluding hydrogens is 194 g/mol. The molecule has 0 amide bonds. The van der Waals surface area contributed by atoms with Crippen LogP contribution in [0.4, 0.5) is 5.82 Å². The Bertz CT molecular complexity index is 378. The maximum Gasteiger partial charge on any atom is 0.356 e. The van der Waals surface area contributed by atoms with Crippen molar-refractivity contribution in [2.75, 3.05) is 5.32 Å². The lowest BCUT2D eigenvalue weighted by molar-refractivity contribution is 0.0690. The maximum absolute atomic E-state index is 10.5. The van der Waals surface area contributed by atoms with Crippen molar-refractivity contribution in [1.29, 1.82) is 0 Å². The average Bonchev–Trinajstić information content (AvgIpc) is 2.71. The number of carboxylic acid groups (broad SMARTS) is 1. The fourth-order valence-electron chi connectivity index (χ4n) is 1.46. The zero-order valence-corrected chi connectivity index (χ0v) is 8.05. The van der Waals surface area contributed by atoms with Crippen LogP contribution >= 0.6 is 0 Å². The summed E-state index contributed by atoms with van der Waals surface area (Å²) < 4.78 is 0. The Morgan fingerprint density at radius 1 is 1.33 bits per heavy atom. The van der Waals surface area contributed by atoms with E-state index in [0.29, 0.717) is 11.9 Å². The van der Waals surface area contributed by atoms with Gasteiger partial charge in [-0.15, -0.1) is 0 Å². The number of hydrogen-bond acceptors (Lipinski definition) is 4. The van der Waals surface area contributed by atoms with Gasteiger partial charge in [-0.1, -0.05) is 12.2 Å². The number of nitrogens with zero attached hydrogens (tertiary/aromatic N) is 2. The Morgan fingerprint density at radius 2 is 2.07 bits per heavy atom. The van der Waals surface area contributed by atoms with Crippen molar-refractivity contribution in [3.05, 3.63) is 30.2 Å². The SMILES string of the molecule is O=C(O)c1cnc(NC2CC=CC2)cn1. The highest BCUT2D eigenvalue weighted by Crippen LogP contribution is 2.14. The lowest BCUT2D eigenvalue weighted by Crippen LogP contribution is -2.16. The predicted molar refractivity (Wildman–Crippen MR) is 54.8 cm³/mol. The molecule has 0 aliphatic heterocycles. The first-order valence-electron chi connectivity index (χ1n) is 4.72. The third-order valence-corrected chi connectivity index (χ3v) is 2.23. The van der Waals surface area contributed by atoms with Crippen LogP contribution in [0.1, 0.15) is 23.3 Å². The molecule has 0 radical (unpaired) electrons. The minimum Gasteiger partial charge on any atom is -0.476 e. The Balaban J connectivity index is 2.00. The standard InChI is InChI=1S/C10H11N3O2/c14-10(15)8-5-12-9(6-11-8)13-7-3-1-2-4-7/h1-2,5-7H,3-4H2,(H,12,13)(H,14,15). The number of aromatic carboxylic acids is 1. The van der Waals surface area contributed by atoms with Crippen LogP contribution in [0.25, 0.3) is 0 Å². The van der Waals surface area contributed by atoms with E-state index in [1.54, 1.807) is 0 Å². The Labute approximate surface area is 86.9 Å². The summed E-state index contributed by atoms with van der Waals surface area (Å²) in [5, 5.41) is 11.8. The van der Waals surface area contributed by atoms with Gasteiger partial charge in [-0.3, -0.25) is 0 Å². The number of carboxylic acids is 1. The highest BCUT2D eigenvalue weighted by molar-refractivity contribution is 5.84. The van der Waals surface area contributed by atoms with E-state index < -0.39 is 5.97 Å². The minimum atomic E-state index is -1.06. The first kappa shape index (κ1) is 9.64. The molecule has 2 rings (SSSR count). The maximum atomic E-state index is 10.5. The third-order valence-electron chi connectivity index (χ3n) is 2.23. The molecular formula is C10H11N3O2. The highest BCUT2D eigenvalue weighted by Gasteiger charge is 2.11. The average molecular weight is 205 g/mol. The molecule has 5 nitrogen and oxygen atoms in total. The number of rotatable bonds is 3. The molecule has 1 aliphatic carbocycles. The summed E-state index contributed by atoms with van der Waals surface area (Å²) in [5.74, 6) is -0.440. The van der Waals surface area contributed by atoms with Gasteiger partial charge >= 0.3 is 5.97 Å². The molecule has 0 fully saturated rings. The number of aromatic nitrogens is 2. The largest absolute Gasteiger partial charge is 0.476 e. The summed E-state index contributed by atoms with van der Waals surface area (Å²) in [6.07, 6.45) is 8.87. The highest BCUT2D eigenvalue weighted by atomic mass is 16.4. The van der Waals surface area contributed by atoms with Gasteiger partial charge in [0, 0.05) is 6.04 Å². The van der Waals surface area contributed by atoms with Crippen molar-refractivity contribution < 1.29 is 9.90 Å². The number of anilines is 1. The summed E-state index contributed by atoms with van der Waals surface area (Å²) in [6, 6.07) is 0.356. The van der Waals surface area contributed by atoms with E-state index in [9.17, 15) is 4.79 Å². The fraction of sp³-hybridized carbons (Fsp3) is 0.300. The molecule has 1 aromatic heterocycles. The molecule has 0 unspecified atom stereocenters. The summed E-state index contributed by atoms with van der Waals surface area (Å²) >= 11 is 0. The zero-order valence-electron chi connectivity index (χ0n) is 8.05. The van der Waals surface area contributed by atoms with Crippen molar-refractivity contribution in [1.82, 2.24) is 9.97 Å². The van der Waals surface area contributed by atoms with Crippen LogP contribution in [-0.2, 0) is 0 Å². The first-order chi connectivity index (χ1) is 7.25. The first-order valence-corrected chi connectivity index (χ1v) is 4.72. The molecule has 78 valence electrons. The van der Waals surface area contributed by atoms with Gasteiger partial charge in [0.15, 0.2) is 5.69 Å². The summed E-state index contributed by atoms with van der Waals surface area (Å²) in [7, 11) is 0. The second-order valence-electron chi connectivity index (χ2n) is 3.38. The van der Waals surface area contributed by atoms with Crippen LogP contribution in [0.2, 0.25) is 0 Å². The van der Waals surface area contributed by atoms with Gasteiger partial charge in [-0.25, -0.2) is 14.8 Å². The molecule has 1 aliphatic rings. The molecule has 0 spiro atoms. The molecule has 2 N–H and O–H groups in total. The number of hydrogen-bond donors (Lipinski definition) is 2. The molecule has 1 aromatic rings. The Hall–Kier alpha value is -1.91. The topological polar surface area (TPSA) is 75.1 Å². The van der Waals surface area contributed by atoms with Gasteiger partial charge in [-0.2, -0.15) is 0 Å². The lowest BCUT2D eigenvalue weighted by atomic mass is 10.2. The van der Waals surface area contributed by atoms with Gasteiger partial charge in [0.25, 0.3) is 0 Å². The molecule has 0 saturated carbocycles. The van der Waals surface area contributed by atoms with Gasteiger partial charge in [0.1, 0.15) is 5.82 Å². The predicted octanol–water partition coefficient (Wildman–Crippen LogP) is 1.31. The Kier molecular flexibility index (Phi) is 2.62. The van der Waals surface area contributed by atoms with Gasteiger partial charge in [-0.05, 0) is 12.8 Å². The van der Waals surface area contributed by atoms with Crippen LogP contribution in [0, 0.1) is 0 Å². The fourth-order valence-corrected chi connectivity index (χ4v) is 1.46. The molecule has 0 aromatic carbocycles. The molecule has 0 bridgehead atoms. The van der Waals surface area contributed by atoms with Crippen molar-refractivity contribution in [2.24, 2.45) is 0 Å². The van der Waals surface area contributed by atoms with Crippen molar-refractivity contribution >= 4 is 11.8 Å². The van der Waals surface area contributed by atoms with E-state index in [-0.39, 0.29) is 5.69 Å². The van der Waals surface area contributed by atoms with E-state index in [4.69, 9.17) is 5.11 Å². The monoisotopic (exact) mass is 205 g/mol. The lowest BCUT2D eigenvalue weighted by Gasteiger charge is -2.11. The van der Waals surface area contributed by atoms with Crippen LogP contribution in [0.15, 0.2) is 24.5 Å². The minimum absolute atomic E-state index is 0.0369. The van der Waals surface area contributed by atoms with Gasteiger partial charge < -0.3 is 10.4 Å². The van der Waals surface area contributed by atoms with Crippen LogP contribution in [-0.4, -0.2) is 27.1 Å². The van der Waals surface area contributed by atoms with Crippen molar-refractivity contribution in [2.45, 2.75) is 18.9 Å². The van der Waals surface area contributed by atoms with E-state index in [1.165, 1.54) is 12.4 Å². The van der Waals surface area contributed by atoms with Gasteiger partial charge in [0.05, 0.1) is 12.4 Å². The van der Waals surface area contributed by atoms with E-state index in [2.05, 4.69) is 27.4 Å². The summed E-state index contributed by atoms with van der Waals surface area (Å²) in [5.41, 5.74) is -0.0369. The second kappa shape index (κ2) is 4.08.